The maximum Gasteiger partial charge on any atom is 0.374 e. The van der Waals surface area contributed by atoms with Gasteiger partial charge in [-0.15, -0.1) is 0 Å². The third-order valence-corrected chi connectivity index (χ3v) is 1.84. The molecule has 0 spiro atoms. The van der Waals surface area contributed by atoms with Crippen molar-refractivity contribution in [3.8, 4) is 0 Å². The molecule has 0 aromatic heterocycles. The van der Waals surface area contributed by atoms with Crippen molar-refractivity contribution in [2.45, 2.75) is 19.0 Å². The van der Waals surface area contributed by atoms with E-state index >= 15 is 0 Å². The molecule has 0 fully saturated rings. The van der Waals surface area contributed by atoms with Crippen LogP contribution in [0, 0.1) is 10.1 Å². The molecular weight excluding hydrogens is 194 g/mol. The van der Waals surface area contributed by atoms with Gasteiger partial charge in [0, 0.05) is 4.92 Å². The minimum absolute atomic E-state index is 0.0922. The van der Waals surface area contributed by atoms with E-state index in [9.17, 15) is 19.7 Å². The summed E-state index contributed by atoms with van der Waals surface area (Å²) in [6.45, 7) is 1.36. The molecule has 2 N–H and O–H groups in total. The SMILES string of the molecule is CC1=NNC(C(=O)C(=O)O)C1[N+](=O)[O-]. The number of aliphatic carboxylic acids is 1. The summed E-state index contributed by atoms with van der Waals surface area (Å²) < 4.78 is 0. The number of carbonyl (C=O) groups excluding carboxylic acids is 1. The molecule has 2 atom stereocenters. The molecule has 1 heterocycles. The highest BCUT2D eigenvalue weighted by Crippen LogP contribution is 2.09. The number of carboxylic acids is 1. The molecule has 0 saturated carbocycles. The van der Waals surface area contributed by atoms with E-state index in [1.807, 2.05) is 0 Å². The van der Waals surface area contributed by atoms with Crippen LogP contribution in [0.3, 0.4) is 0 Å². The monoisotopic (exact) mass is 201 g/mol. The Kier molecular flexibility index (Phi) is 2.45. The average molecular weight is 201 g/mol. The fraction of sp³-hybridized carbons (Fsp3) is 0.500. The zero-order valence-electron chi connectivity index (χ0n) is 7.13. The van der Waals surface area contributed by atoms with Gasteiger partial charge in [-0.1, -0.05) is 0 Å². The van der Waals surface area contributed by atoms with E-state index in [4.69, 9.17) is 5.11 Å². The first-order valence-electron chi connectivity index (χ1n) is 3.65. The van der Waals surface area contributed by atoms with Crippen LogP contribution >= 0.6 is 0 Å². The van der Waals surface area contributed by atoms with Gasteiger partial charge in [-0.05, 0) is 6.92 Å². The number of rotatable bonds is 3. The third kappa shape index (κ3) is 1.53. The Bertz CT molecular complexity index is 336. The van der Waals surface area contributed by atoms with Gasteiger partial charge < -0.3 is 5.11 Å². The van der Waals surface area contributed by atoms with E-state index in [0.717, 1.165) is 0 Å². The largest absolute Gasteiger partial charge is 0.475 e. The van der Waals surface area contributed by atoms with E-state index < -0.39 is 28.8 Å². The molecule has 76 valence electrons. The van der Waals surface area contributed by atoms with Gasteiger partial charge in [0.1, 0.15) is 5.71 Å². The number of hydrazone groups is 1. The molecule has 0 aromatic carbocycles. The molecule has 0 amide bonds. The second kappa shape index (κ2) is 3.40. The standard InChI is InChI=1S/C6H7N3O5/c1-2-4(9(13)14)3(8-7-2)5(10)6(11)12/h3-4,8H,1H3,(H,11,12). The predicted molar refractivity (Wildman–Crippen MR) is 43.5 cm³/mol. The van der Waals surface area contributed by atoms with Gasteiger partial charge in [-0.25, -0.2) is 4.79 Å². The Balaban J connectivity index is 2.89. The van der Waals surface area contributed by atoms with Crippen molar-refractivity contribution >= 4 is 17.5 Å². The molecule has 8 nitrogen and oxygen atoms in total. The summed E-state index contributed by atoms with van der Waals surface area (Å²) in [6.07, 6.45) is 0. The van der Waals surface area contributed by atoms with Crippen LogP contribution in [-0.2, 0) is 9.59 Å². The fourth-order valence-electron chi connectivity index (χ4n) is 1.16. The number of nitro groups is 1. The molecule has 1 rings (SSSR count). The lowest BCUT2D eigenvalue weighted by atomic mass is 10.0. The Hall–Kier alpha value is -1.99. The first-order chi connectivity index (χ1) is 6.45. The van der Waals surface area contributed by atoms with Crippen molar-refractivity contribution in [2.75, 3.05) is 0 Å². The Morgan fingerprint density at radius 2 is 2.21 bits per heavy atom. The Morgan fingerprint density at radius 3 is 2.64 bits per heavy atom. The number of carboxylic acid groups (broad SMARTS) is 1. The zero-order chi connectivity index (χ0) is 10.9. The first-order valence-corrected chi connectivity index (χ1v) is 3.65. The molecule has 0 radical (unpaired) electrons. The second-order valence-electron chi connectivity index (χ2n) is 2.76. The molecular formula is C6H7N3O5. The third-order valence-electron chi connectivity index (χ3n) is 1.84. The van der Waals surface area contributed by atoms with Crippen molar-refractivity contribution in [1.29, 1.82) is 0 Å². The van der Waals surface area contributed by atoms with Crippen LogP contribution in [-0.4, -0.2) is 39.6 Å². The van der Waals surface area contributed by atoms with Crippen molar-refractivity contribution in [3.05, 3.63) is 10.1 Å². The van der Waals surface area contributed by atoms with Crippen LogP contribution in [0.4, 0.5) is 0 Å². The zero-order valence-corrected chi connectivity index (χ0v) is 7.13. The van der Waals surface area contributed by atoms with Crippen LogP contribution in [0.25, 0.3) is 0 Å². The number of nitrogens with zero attached hydrogens (tertiary/aromatic N) is 2. The fourth-order valence-corrected chi connectivity index (χ4v) is 1.16. The minimum atomic E-state index is -1.71. The van der Waals surface area contributed by atoms with Crippen LogP contribution < -0.4 is 5.43 Å². The minimum Gasteiger partial charge on any atom is -0.475 e. The Morgan fingerprint density at radius 1 is 1.64 bits per heavy atom. The van der Waals surface area contributed by atoms with Gasteiger partial charge in [0.25, 0.3) is 11.8 Å². The van der Waals surface area contributed by atoms with Crippen molar-refractivity contribution in [1.82, 2.24) is 5.43 Å². The van der Waals surface area contributed by atoms with E-state index in [0.29, 0.717) is 0 Å². The normalized spacial score (nSPS) is 25.1. The lowest BCUT2D eigenvalue weighted by molar-refractivity contribution is -0.503. The number of hydrogen-bond donors (Lipinski definition) is 2. The van der Waals surface area contributed by atoms with Gasteiger partial charge in [0.15, 0.2) is 6.04 Å². The maximum atomic E-state index is 11.0. The van der Waals surface area contributed by atoms with Gasteiger partial charge in [0.2, 0.25) is 0 Å². The smallest absolute Gasteiger partial charge is 0.374 e. The molecule has 1 aliphatic heterocycles. The Labute approximate surface area is 77.7 Å². The van der Waals surface area contributed by atoms with Gasteiger partial charge >= 0.3 is 5.97 Å². The maximum absolute atomic E-state index is 11.0. The summed E-state index contributed by atoms with van der Waals surface area (Å²) in [5.41, 5.74) is 2.23. The van der Waals surface area contributed by atoms with E-state index in [-0.39, 0.29) is 5.71 Å². The predicted octanol–water partition coefficient (Wildman–Crippen LogP) is -1.37. The van der Waals surface area contributed by atoms with Gasteiger partial charge in [-0.3, -0.25) is 20.3 Å². The van der Waals surface area contributed by atoms with Crippen molar-refractivity contribution in [2.24, 2.45) is 5.10 Å². The first kappa shape index (κ1) is 10.1. The topological polar surface area (TPSA) is 122 Å². The van der Waals surface area contributed by atoms with Crippen molar-refractivity contribution < 1.29 is 19.6 Å². The van der Waals surface area contributed by atoms with Crippen LogP contribution in [0.1, 0.15) is 6.92 Å². The summed E-state index contributed by atoms with van der Waals surface area (Å²) in [5, 5.41) is 22.3. The number of Topliss-reactive ketones (excluding diaryl/α,β-unsaturated/α-hetero) is 1. The molecule has 14 heavy (non-hydrogen) atoms. The quantitative estimate of drug-likeness (QED) is 0.330. The highest BCUT2D eigenvalue weighted by Gasteiger charge is 2.45. The second-order valence-corrected chi connectivity index (χ2v) is 2.76. The van der Waals surface area contributed by atoms with E-state index in [1.54, 1.807) is 0 Å². The lowest BCUT2D eigenvalue weighted by Gasteiger charge is -2.08. The van der Waals surface area contributed by atoms with Crippen molar-refractivity contribution in [3.63, 3.8) is 0 Å². The number of nitrogens with one attached hydrogen (secondary N) is 1. The molecule has 0 bridgehead atoms. The summed E-state index contributed by atoms with van der Waals surface area (Å²) in [6, 6.07) is -2.79. The van der Waals surface area contributed by atoms with E-state index in [2.05, 4.69) is 10.5 Å². The summed E-state index contributed by atoms with van der Waals surface area (Å²) in [5.74, 6) is -2.97. The van der Waals surface area contributed by atoms with Crippen LogP contribution in [0.15, 0.2) is 5.10 Å². The molecule has 0 saturated heterocycles. The number of ketones is 1. The number of hydrogen-bond acceptors (Lipinski definition) is 6. The number of carbonyl (C=O) groups is 2. The highest BCUT2D eigenvalue weighted by molar-refractivity contribution is 6.35. The summed E-state index contributed by atoms with van der Waals surface area (Å²) >= 11 is 0. The molecule has 2 unspecified atom stereocenters. The molecule has 1 aliphatic rings. The van der Waals surface area contributed by atoms with E-state index in [1.165, 1.54) is 6.92 Å². The van der Waals surface area contributed by atoms with Gasteiger partial charge in [0.05, 0.1) is 0 Å². The van der Waals surface area contributed by atoms with Crippen LogP contribution in [0.5, 0.6) is 0 Å². The molecule has 8 heteroatoms. The lowest BCUT2D eigenvalue weighted by Crippen LogP contribution is -2.48. The average Bonchev–Trinajstić information content (AvgIpc) is 2.45. The molecule has 0 aromatic rings. The van der Waals surface area contributed by atoms with Gasteiger partial charge in [-0.2, -0.15) is 5.10 Å². The highest BCUT2D eigenvalue weighted by atomic mass is 16.6. The molecule has 0 aliphatic carbocycles. The van der Waals surface area contributed by atoms with Crippen LogP contribution in [0.2, 0.25) is 0 Å². The summed E-state index contributed by atoms with van der Waals surface area (Å²) in [7, 11) is 0. The summed E-state index contributed by atoms with van der Waals surface area (Å²) in [4.78, 5) is 31.0.